The fourth-order valence-corrected chi connectivity index (χ4v) is 2.26. The van der Waals surface area contributed by atoms with Gasteiger partial charge in [0.2, 0.25) is 0 Å². The molecule has 0 amide bonds. The monoisotopic (exact) mass is 222 g/mol. The standard InChI is InChI=1S/C13H15ClO/c1-2-4-12(15)10-5-3-6-11(14)13(10)9-7-8-9/h3,5-6,9H,2,4,7-8H2,1H3. The molecule has 1 aliphatic rings. The van der Waals surface area contributed by atoms with Crippen LogP contribution >= 0.6 is 11.6 Å². The minimum absolute atomic E-state index is 0.238. The van der Waals surface area contributed by atoms with Crippen LogP contribution in [-0.4, -0.2) is 5.78 Å². The normalized spacial score (nSPS) is 15.3. The maximum Gasteiger partial charge on any atom is 0.163 e. The third kappa shape index (κ3) is 2.23. The first-order chi connectivity index (χ1) is 7.24. The Morgan fingerprint density at radius 1 is 1.47 bits per heavy atom. The molecule has 0 saturated heterocycles. The molecule has 0 unspecified atom stereocenters. The van der Waals surface area contributed by atoms with Crippen molar-refractivity contribution in [3.05, 3.63) is 34.3 Å². The first-order valence-electron chi connectivity index (χ1n) is 5.55. The van der Waals surface area contributed by atoms with Crippen LogP contribution in [0.25, 0.3) is 0 Å². The zero-order valence-corrected chi connectivity index (χ0v) is 9.68. The minimum Gasteiger partial charge on any atom is -0.294 e. The van der Waals surface area contributed by atoms with Gasteiger partial charge in [-0.15, -0.1) is 0 Å². The summed E-state index contributed by atoms with van der Waals surface area (Å²) in [6.45, 7) is 2.03. The van der Waals surface area contributed by atoms with Gasteiger partial charge in [-0.1, -0.05) is 30.7 Å². The van der Waals surface area contributed by atoms with Gasteiger partial charge in [-0.05, 0) is 36.8 Å². The van der Waals surface area contributed by atoms with E-state index in [0.717, 1.165) is 22.6 Å². The van der Waals surface area contributed by atoms with E-state index in [0.29, 0.717) is 12.3 Å². The van der Waals surface area contributed by atoms with Gasteiger partial charge in [-0.3, -0.25) is 4.79 Å². The van der Waals surface area contributed by atoms with E-state index in [2.05, 4.69) is 0 Å². The molecule has 0 heterocycles. The van der Waals surface area contributed by atoms with Crippen molar-refractivity contribution in [1.82, 2.24) is 0 Å². The minimum atomic E-state index is 0.238. The summed E-state index contributed by atoms with van der Waals surface area (Å²) in [5.41, 5.74) is 1.95. The second-order valence-corrected chi connectivity index (χ2v) is 4.56. The lowest BCUT2D eigenvalue weighted by Crippen LogP contribution is -2.03. The third-order valence-corrected chi connectivity index (χ3v) is 3.15. The zero-order chi connectivity index (χ0) is 10.8. The second kappa shape index (κ2) is 4.36. The van der Waals surface area contributed by atoms with E-state index in [1.165, 1.54) is 12.8 Å². The van der Waals surface area contributed by atoms with Crippen molar-refractivity contribution < 1.29 is 4.79 Å². The summed E-state index contributed by atoms with van der Waals surface area (Å²) < 4.78 is 0. The molecule has 1 nitrogen and oxygen atoms in total. The molecule has 1 saturated carbocycles. The Hall–Kier alpha value is -0.820. The molecular weight excluding hydrogens is 208 g/mol. The summed E-state index contributed by atoms with van der Waals surface area (Å²) in [6.07, 6.45) is 3.88. The molecule has 80 valence electrons. The summed E-state index contributed by atoms with van der Waals surface area (Å²) in [5, 5.41) is 0.763. The Kier molecular flexibility index (Phi) is 3.11. The number of carbonyl (C=O) groups excluding carboxylic acids is 1. The van der Waals surface area contributed by atoms with Crippen molar-refractivity contribution in [2.45, 2.75) is 38.5 Å². The highest BCUT2D eigenvalue weighted by molar-refractivity contribution is 6.32. The molecule has 0 atom stereocenters. The Labute approximate surface area is 95.4 Å². The zero-order valence-electron chi connectivity index (χ0n) is 8.92. The van der Waals surface area contributed by atoms with Gasteiger partial charge in [0.05, 0.1) is 0 Å². The van der Waals surface area contributed by atoms with Gasteiger partial charge >= 0.3 is 0 Å². The largest absolute Gasteiger partial charge is 0.294 e. The lowest BCUT2D eigenvalue weighted by molar-refractivity contribution is 0.0981. The molecule has 0 aliphatic heterocycles. The average molecular weight is 223 g/mol. The van der Waals surface area contributed by atoms with Crippen molar-refractivity contribution in [2.24, 2.45) is 0 Å². The van der Waals surface area contributed by atoms with Gasteiger partial charge in [-0.25, -0.2) is 0 Å². The molecular formula is C13H15ClO. The molecule has 1 aliphatic carbocycles. The summed E-state index contributed by atoms with van der Waals surface area (Å²) in [5.74, 6) is 0.774. The highest BCUT2D eigenvalue weighted by atomic mass is 35.5. The van der Waals surface area contributed by atoms with Gasteiger partial charge < -0.3 is 0 Å². The van der Waals surface area contributed by atoms with Crippen molar-refractivity contribution in [3.8, 4) is 0 Å². The highest BCUT2D eigenvalue weighted by Crippen LogP contribution is 2.45. The SMILES string of the molecule is CCCC(=O)c1cccc(Cl)c1C1CC1. The van der Waals surface area contributed by atoms with Gasteiger partial charge in [0.1, 0.15) is 0 Å². The smallest absolute Gasteiger partial charge is 0.163 e. The Morgan fingerprint density at radius 2 is 2.20 bits per heavy atom. The second-order valence-electron chi connectivity index (χ2n) is 4.15. The van der Waals surface area contributed by atoms with Gasteiger partial charge in [-0.2, -0.15) is 0 Å². The Balaban J connectivity index is 2.36. The van der Waals surface area contributed by atoms with E-state index in [4.69, 9.17) is 11.6 Å². The Morgan fingerprint density at radius 3 is 2.80 bits per heavy atom. The highest BCUT2D eigenvalue weighted by Gasteiger charge is 2.29. The fraction of sp³-hybridized carbons (Fsp3) is 0.462. The molecule has 1 aromatic carbocycles. The van der Waals surface area contributed by atoms with Crippen LogP contribution in [0.3, 0.4) is 0 Å². The summed E-state index contributed by atoms with van der Waals surface area (Å²) >= 11 is 6.16. The molecule has 0 N–H and O–H groups in total. The third-order valence-electron chi connectivity index (χ3n) is 2.82. The van der Waals surface area contributed by atoms with Crippen molar-refractivity contribution >= 4 is 17.4 Å². The van der Waals surface area contributed by atoms with Crippen LogP contribution in [-0.2, 0) is 0 Å². The summed E-state index contributed by atoms with van der Waals surface area (Å²) in [4.78, 5) is 11.9. The quantitative estimate of drug-likeness (QED) is 0.698. The molecule has 15 heavy (non-hydrogen) atoms. The molecule has 2 heteroatoms. The van der Waals surface area contributed by atoms with Crippen LogP contribution in [0, 0.1) is 0 Å². The van der Waals surface area contributed by atoms with Crippen LogP contribution in [0.2, 0.25) is 5.02 Å². The van der Waals surface area contributed by atoms with Crippen LogP contribution in [0.5, 0.6) is 0 Å². The van der Waals surface area contributed by atoms with E-state index in [1.807, 2.05) is 25.1 Å². The number of benzene rings is 1. The molecule has 1 fully saturated rings. The lowest BCUT2D eigenvalue weighted by Gasteiger charge is -2.09. The summed E-state index contributed by atoms with van der Waals surface area (Å²) in [6, 6.07) is 5.67. The van der Waals surface area contributed by atoms with Crippen molar-refractivity contribution in [3.63, 3.8) is 0 Å². The van der Waals surface area contributed by atoms with Gasteiger partial charge in [0, 0.05) is 17.0 Å². The molecule has 0 radical (unpaired) electrons. The lowest BCUT2D eigenvalue weighted by atomic mass is 9.97. The number of carbonyl (C=O) groups is 1. The van der Waals surface area contributed by atoms with Crippen molar-refractivity contribution in [1.29, 1.82) is 0 Å². The first-order valence-corrected chi connectivity index (χ1v) is 5.93. The van der Waals surface area contributed by atoms with Gasteiger partial charge in [0.25, 0.3) is 0 Å². The van der Waals surface area contributed by atoms with Crippen LogP contribution in [0.15, 0.2) is 18.2 Å². The van der Waals surface area contributed by atoms with Gasteiger partial charge in [0.15, 0.2) is 5.78 Å². The predicted octanol–water partition coefficient (Wildman–Crippen LogP) is 4.20. The molecule has 1 aromatic rings. The number of rotatable bonds is 4. The van der Waals surface area contributed by atoms with E-state index in [-0.39, 0.29) is 5.78 Å². The molecule has 0 bridgehead atoms. The van der Waals surface area contributed by atoms with E-state index < -0.39 is 0 Å². The van der Waals surface area contributed by atoms with Crippen molar-refractivity contribution in [2.75, 3.05) is 0 Å². The van der Waals surface area contributed by atoms with Crippen LogP contribution < -0.4 is 0 Å². The molecule has 2 rings (SSSR count). The maximum atomic E-state index is 11.9. The number of hydrogen-bond acceptors (Lipinski definition) is 1. The fourth-order valence-electron chi connectivity index (χ4n) is 1.93. The molecule has 0 spiro atoms. The predicted molar refractivity (Wildman–Crippen MR) is 62.7 cm³/mol. The molecule has 0 aromatic heterocycles. The average Bonchev–Trinajstić information content (AvgIpc) is 3.01. The Bertz CT molecular complexity index is 380. The topological polar surface area (TPSA) is 17.1 Å². The van der Waals surface area contributed by atoms with E-state index in [1.54, 1.807) is 0 Å². The number of ketones is 1. The van der Waals surface area contributed by atoms with Crippen LogP contribution in [0.1, 0.15) is 54.4 Å². The van der Waals surface area contributed by atoms with E-state index in [9.17, 15) is 4.79 Å². The number of halogens is 1. The number of Topliss-reactive ketones (excluding diaryl/α,β-unsaturated/α-hetero) is 1. The first kappa shape index (κ1) is 10.7. The van der Waals surface area contributed by atoms with Crippen LogP contribution in [0.4, 0.5) is 0 Å². The number of hydrogen-bond donors (Lipinski definition) is 0. The maximum absolute atomic E-state index is 11.9. The summed E-state index contributed by atoms with van der Waals surface area (Å²) in [7, 11) is 0. The van der Waals surface area contributed by atoms with E-state index >= 15 is 0 Å².